The SMILES string of the molecule is CC(Cl)c1nc2c(Cl)cccc2n1C1CCSC1. The van der Waals surface area contributed by atoms with Crippen LogP contribution in [0, 0.1) is 0 Å². The molecule has 0 spiro atoms. The first-order chi connectivity index (χ1) is 8.68. The first-order valence-electron chi connectivity index (χ1n) is 6.06. The van der Waals surface area contributed by atoms with Crippen molar-refractivity contribution >= 4 is 46.0 Å². The maximum Gasteiger partial charge on any atom is 0.128 e. The molecule has 0 radical (unpaired) electrons. The number of nitrogens with zero attached hydrogens (tertiary/aromatic N) is 2. The first-order valence-corrected chi connectivity index (χ1v) is 8.03. The van der Waals surface area contributed by atoms with E-state index in [-0.39, 0.29) is 5.38 Å². The number of hydrogen-bond acceptors (Lipinski definition) is 2. The lowest BCUT2D eigenvalue weighted by molar-refractivity contribution is 0.549. The average molecular weight is 301 g/mol. The van der Waals surface area contributed by atoms with Crippen LogP contribution in [-0.4, -0.2) is 21.1 Å². The molecule has 2 atom stereocenters. The third-order valence-corrected chi connectivity index (χ3v) is 4.97. The molecule has 5 heteroatoms. The molecule has 1 aliphatic heterocycles. The third-order valence-electron chi connectivity index (χ3n) is 3.32. The fourth-order valence-corrected chi connectivity index (χ4v) is 4.05. The Morgan fingerprint density at radius 1 is 1.50 bits per heavy atom. The van der Waals surface area contributed by atoms with Gasteiger partial charge < -0.3 is 4.57 Å². The number of aromatic nitrogens is 2. The molecule has 1 aromatic heterocycles. The number of alkyl halides is 1. The van der Waals surface area contributed by atoms with E-state index in [9.17, 15) is 0 Å². The van der Waals surface area contributed by atoms with Crippen LogP contribution < -0.4 is 0 Å². The molecule has 0 saturated carbocycles. The highest BCUT2D eigenvalue weighted by Crippen LogP contribution is 2.36. The number of para-hydroxylation sites is 1. The van der Waals surface area contributed by atoms with Crippen molar-refractivity contribution in [1.29, 1.82) is 0 Å². The van der Waals surface area contributed by atoms with E-state index in [2.05, 4.69) is 15.6 Å². The van der Waals surface area contributed by atoms with Gasteiger partial charge in [-0.25, -0.2) is 4.98 Å². The van der Waals surface area contributed by atoms with Gasteiger partial charge in [-0.1, -0.05) is 17.7 Å². The molecule has 0 N–H and O–H groups in total. The Balaban J connectivity index is 2.25. The van der Waals surface area contributed by atoms with E-state index in [1.54, 1.807) is 0 Å². The van der Waals surface area contributed by atoms with Gasteiger partial charge in [0, 0.05) is 11.8 Å². The van der Waals surface area contributed by atoms with Gasteiger partial charge in [0.1, 0.15) is 11.3 Å². The predicted octanol–water partition coefficient (Wildman–Crippen LogP) is 4.67. The molecule has 2 unspecified atom stereocenters. The first kappa shape index (κ1) is 12.6. The van der Waals surface area contributed by atoms with Gasteiger partial charge in [0.25, 0.3) is 0 Å². The minimum Gasteiger partial charge on any atom is -0.323 e. The number of imidazole rings is 1. The third kappa shape index (κ3) is 2.02. The zero-order chi connectivity index (χ0) is 12.7. The molecule has 2 heterocycles. The van der Waals surface area contributed by atoms with Crippen molar-refractivity contribution < 1.29 is 0 Å². The van der Waals surface area contributed by atoms with Gasteiger partial charge in [0.05, 0.1) is 15.9 Å². The second-order valence-corrected chi connectivity index (χ2v) is 6.79. The molecular formula is C13H14Cl2N2S. The van der Waals surface area contributed by atoms with Gasteiger partial charge in [0.15, 0.2) is 0 Å². The Morgan fingerprint density at radius 2 is 2.33 bits per heavy atom. The number of fused-ring (bicyclic) bond motifs is 1. The largest absolute Gasteiger partial charge is 0.323 e. The lowest BCUT2D eigenvalue weighted by Gasteiger charge is -2.16. The van der Waals surface area contributed by atoms with Crippen LogP contribution in [0.5, 0.6) is 0 Å². The van der Waals surface area contributed by atoms with Crippen molar-refractivity contribution in [3.8, 4) is 0 Å². The molecule has 2 aromatic rings. The van der Waals surface area contributed by atoms with Crippen LogP contribution >= 0.6 is 35.0 Å². The Hall–Kier alpha value is -0.380. The minimum absolute atomic E-state index is 0.0981. The normalized spacial score (nSPS) is 21.6. The molecule has 0 bridgehead atoms. The van der Waals surface area contributed by atoms with E-state index in [0.29, 0.717) is 11.1 Å². The lowest BCUT2D eigenvalue weighted by atomic mass is 10.2. The number of thioether (sulfide) groups is 1. The summed E-state index contributed by atoms with van der Waals surface area (Å²) >= 11 is 14.5. The van der Waals surface area contributed by atoms with Crippen molar-refractivity contribution in [1.82, 2.24) is 9.55 Å². The second kappa shape index (κ2) is 4.95. The molecule has 0 amide bonds. The monoisotopic (exact) mass is 300 g/mol. The Kier molecular flexibility index (Phi) is 3.48. The van der Waals surface area contributed by atoms with Gasteiger partial charge in [-0.05, 0) is 31.2 Å². The van der Waals surface area contributed by atoms with E-state index < -0.39 is 0 Å². The predicted molar refractivity (Wildman–Crippen MR) is 80.0 cm³/mol. The summed E-state index contributed by atoms with van der Waals surface area (Å²) in [6.07, 6.45) is 1.18. The summed E-state index contributed by atoms with van der Waals surface area (Å²) in [6, 6.07) is 6.44. The maximum atomic E-state index is 6.28. The van der Waals surface area contributed by atoms with Gasteiger partial charge in [-0.2, -0.15) is 11.8 Å². The van der Waals surface area contributed by atoms with Crippen LogP contribution in [0.15, 0.2) is 18.2 Å². The summed E-state index contributed by atoms with van der Waals surface area (Å²) in [5, 5.41) is 0.606. The summed E-state index contributed by atoms with van der Waals surface area (Å²) in [5.41, 5.74) is 1.98. The standard InChI is InChI=1S/C13H14Cl2N2S/c1-8(14)13-16-12-10(15)3-2-4-11(12)17(13)9-5-6-18-7-9/h2-4,8-9H,5-7H2,1H3. The van der Waals surface area contributed by atoms with Crippen LogP contribution in [0.3, 0.4) is 0 Å². The van der Waals surface area contributed by atoms with Crippen LogP contribution in [0.2, 0.25) is 5.02 Å². The zero-order valence-electron chi connectivity index (χ0n) is 10.1. The number of benzene rings is 1. The van der Waals surface area contributed by atoms with E-state index in [1.807, 2.05) is 30.8 Å². The average Bonchev–Trinajstić information content (AvgIpc) is 2.94. The fraction of sp³-hybridized carbons (Fsp3) is 0.462. The maximum absolute atomic E-state index is 6.28. The summed E-state index contributed by atoms with van der Waals surface area (Å²) in [7, 11) is 0. The molecule has 3 rings (SSSR count). The summed E-state index contributed by atoms with van der Waals surface area (Å²) < 4.78 is 2.29. The topological polar surface area (TPSA) is 17.8 Å². The molecule has 0 aliphatic carbocycles. The Morgan fingerprint density at radius 3 is 3.00 bits per heavy atom. The fourth-order valence-electron chi connectivity index (χ4n) is 2.49. The van der Waals surface area contributed by atoms with E-state index in [4.69, 9.17) is 23.2 Å². The van der Waals surface area contributed by atoms with E-state index in [0.717, 1.165) is 22.6 Å². The summed E-state index contributed by atoms with van der Waals surface area (Å²) in [5.74, 6) is 3.28. The quantitative estimate of drug-likeness (QED) is 0.750. The second-order valence-electron chi connectivity index (χ2n) is 4.58. The van der Waals surface area contributed by atoms with Crippen molar-refractivity contribution in [3.63, 3.8) is 0 Å². The van der Waals surface area contributed by atoms with Crippen molar-refractivity contribution in [2.45, 2.75) is 24.8 Å². The molecular weight excluding hydrogens is 287 g/mol. The van der Waals surface area contributed by atoms with Gasteiger partial charge in [-0.15, -0.1) is 11.6 Å². The van der Waals surface area contributed by atoms with Crippen LogP contribution in [0.4, 0.5) is 0 Å². The van der Waals surface area contributed by atoms with Crippen LogP contribution in [0.25, 0.3) is 11.0 Å². The Labute approximate surface area is 121 Å². The smallest absolute Gasteiger partial charge is 0.128 e. The van der Waals surface area contributed by atoms with E-state index >= 15 is 0 Å². The van der Waals surface area contributed by atoms with Crippen LogP contribution in [-0.2, 0) is 0 Å². The highest BCUT2D eigenvalue weighted by atomic mass is 35.5. The van der Waals surface area contributed by atoms with Crippen LogP contribution in [0.1, 0.15) is 30.6 Å². The number of halogens is 2. The van der Waals surface area contributed by atoms with Gasteiger partial charge in [0.2, 0.25) is 0 Å². The zero-order valence-corrected chi connectivity index (χ0v) is 12.4. The summed E-state index contributed by atoms with van der Waals surface area (Å²) in [4.78, 5) is 4.65. The Bertz CT molecular complexity index is 574. The lowest BCUT2D eigenvalue weighted by Crippen LogP contribution is -2.12. The molecule has 18 heavy (non-hydrogen) atoms. The highest BCUT2D eigenvalue weighted by molar-refractivity contribution is 7.99. The molecule has 1 aromatic carbocycles. The molecule has 1 saturated heterocycles. The highest BCUT2D eigenvalue weighted by Gasteiger charge is 2.25. The molecule has 2 nitrogen and oxygen atoms in total. The van der Waals surface area contributed by atoms with Crippen molar-refractivity contribution in [3.05, 3.63) is 29.0 Å². The molecule has 96 valence electrons. The molecule has 1 aliphatic rings. The molecule has 1 fully saturated rings. The minimum atomic E-state index is -0.0981. The van der Waals surface area contributed by atoms with E-state index in [1.165, 1.54) is 12.2 Å². The van der Waals surface area contributed by atoms with Gasteiger partial charge in [-0.3, -0.25) is 0 Å². The van der Waals surface area contributed by atoms with Crippen molar-refractivity contribution in [2.75, 3.05) is 11.5 Å². The van der Waals surface area contributed by atoms with Gasteiger partial charge >= 0.3 is 0 Å². The summed E-state index contributed by atoms with van der Waals surface area (Å²) in [6.45, 7) is 1.97. The number of rotatable bonds is 2. The number of hydrogen-bond donors (Lipinski definition) is 0. The van der Waals surface area contributed by atoms with Crippen molar-refractivity contribution in [2.24, 2.45) is 0 Å².